The van der Waals surface area contributed by atoms with Crippen molar-refractivity contribution in [3.8, 4) is 0 Å². The molecule has 2 rings (SSSR count). The molecule has 2 saturated heterocycles. The van der Waals surface area contributed by atoms with E-state index in [1.807, 2.05) is 6.92 Å². The van der Waals surface area contributed by atoms with Crippen molar-refractivity contribution in [1.82, 2.24) is 10.2 Å². The standard InChI is InChI=1S/C12H20N2O4S/c1-2-14(10-5-6-19(17,18)8-10)12(16)9-3-4-11(15)13-7-9/h9-10H,2-8H2,1H3,(H,13,15). The molecule has 0 aromatic heterocycles. The summed E-state index contributed by atoms with van der Waals surface area (Å²) in [6.45, 7) is 2.75. The predicted octanol–water partition coefficient (Wildman–Crippen LogP) is -0.452. The second-order valence-corrected chi connectivity index (χ2v) is 7.45. The van der Waals surface area contributed by atoms with Crippen LogP contribution >= 0.6 is 0 Å². The van der Waals surface area contributed by atoms with Crippen LogP contribution in [0.25, 0.3) is 0 Å². The molecule has 108 valence electrons. The van der Waals surface area contributed by atoms with Crippen LogP contribution in [-0.2, 0) is 19.4 Å². The molecule has 0 aliphatic carbocycles. The largest absolute Gasteiger partial charge is 0.355 e. The Labute approximate surface area is 113 Å². The third kappa shape index (κ3) is 3.26. The number of nitrogens with zero attached hydrogens (tertiary/aromatic N) is 1. The molecule has 0 bridgehead atoms. The van der Waals surface area contributed by atoms with E-state index in [1.165, 1.54) is 0 Å². The minimum atomic E-state index is -2.99. The Balaban J connectivity index is 2.01. The van der Waals surface area contributed by atoms with Crippen molar-refractivity contribution in [2.75, 3.05) is 24.6 Å². The van der Waals surface area contributed by atoms with Crippen molar-refractivity contribution in [2.24, 2.45) is 5.92 Å². The lowest BCUT2D eigenvalue weighted by Gasteiger charge is -2.32. The van der Waals surface area contributed by atoms with Gasteiger partial charge in [-0.2, -0.15) is 0 Å². The van der Waals surface area contributed by atoms with E-state index >= 15 is 0 Å². The summed E-state index contributed by atoms with van der Waals surface area (Å²) in [5.74, 6) is -0.00443. The summed E-state index contributed by atoms with van der Waals surface area (Å²) >= 11 is 0. The fraction of sp³-hybridized carbons (Fsp3) is 0.833. The SMILES string of the molecule is CCN(C(=O)C1CCC(=O)NC1)C1CCS(=O)(=O)C1. The van der Waals surface area contributed by atoms with Crippen molar-refractivity contribution in [3.05, 3.63) is 0 Å². The average molecular weight is 288 g/mol. The number of carbonyl (C=O) groups excluding carboxylic acids is 2. The Morgan fingerprint density at radius 1 is 1.42 bits per heavy atom. The van der Waals surface area contributed by atoms with Crippen molar-refractivity contribution in [3.63, 3.8) is 0 Å². The van der Waals surface area contributed by atoms with E-state index in [4.69, 9.17) is 0 Å². The maximum Gasteiger partial charge on any atom is 0.227 e. The molecule has 0 spiro atoms. The van der Waals surface area contributed by atoms with Crippen LogP contribution in [0.5, 0.6) is 0 Å². The molecule has 2 heterocycles. The first kappa shape index (κ1) is 14.3. The molecule has 2 aliphatic rings. The van der Waals surface area contributed by atoms with Crippen LogP contribution in [0.4, 0.5) is 0 Å². The van der Waals surface area contributed by atoms with Gasteiger partial charge in [-0.3, -0.25) is 9.59 Å². The molecular weight excluding hydrogens is 268 g/mol. The molecule has 0 radical (unpaired) electrons. The topological polar surface area (TPSA) is 83.6 Å². The molecule has 2 fully saturated rings. The molecule has 2 atom stereocenters. The molecule has 6 nitrogen and oxygen atoms in total. The first-order valence-electron chi connectivity index (χ1n) is 6.70. The van der Waals surface area contributed by atoms with Crippen LogP contribution in [0.1, 0.15) is 26.2 Å². The van der Waals surface area contributed by atoms with Gasteiger partial charge in [0, 0.05) is 25.6 Å². The highest BCUT2D eigenvalue weighted by Gasteiger charge is 2.36. The number of piperidine rings is 1. The smallest absolute Gasteiger partial charge is 0.227 e. The minimum Gasteiger partial charge on any atom is -0.355 e. The van der Waals surface area contributed by atoms with Crippen LogP contribution in [0.15, 0.2) is 0 Å². The van der Waals surface area contributed by atoms with E-state index in [2.05, 4.69) is 5.32 Å². The number of hydrogen-bond donors (Lipinski definition) is 1. The quantitative estimate of drug-likeness (QED) is 0.762. The monoisotopic (exact) mass is 288 g/mol. The molecule has 2 amide bonds. The van der Waals surface area contributed by atoms with Gasteiger partial charge in [0.15, 0.2) is 9.84 Å². The van der Waals surface area contributed by atoms with Crippen LogP contribution in [0, 0.1) is 5.92 Å². The van der Waals surface area contributed by atoms with E-state index in [0.29, 0.717) is 32.4 Å². The lowest BCUT2D eigenvalue weighted by Crippen LogP contribution is -2.48. The number of nitrogens with one attached hydrogen (secondary N) is 1. The highest BCUT2D eigenvalue weighted by Crippen LogP contribution is 2.22. The zero-order valence-corrected chi connectivity index (χ0v) is 11.9. The van der Waals surface area contributed by atoms with Gasteiger partial charge in [-0.25, -0.2) is 8.42 Å². The highest BCUT2D eigenvalue weighted by atomic mass is 32.2. The van der Waals surface area contributed by atoms with Gasteiger partial charge in [0.2, 0.25) is 11.8 Å². The Morgan fingerprint density at radius 3 is 2.63 bits per heavy atom. The van der Waals surface area contributed by atoms with Gasteiger partial charge in [0.05, 0.1) is 17.4 Å². The number of hydrogen-bond acceptors (Lipinski definition) is 4. The van der Waals surface area contributed by atoms with E-state index in [1.54, 1.807) is 4.90 Å². The normalized spacial score (nSPS) is 29.8. The molecule has 2 unspecified atom stereocenters. The Hall–Kier alpha value is -1.11. The van der Waals surface area contributed by atoms with Gasteiger partial charge in [-0.1, -0.05) is 0 Å². The van der Waals surface area contributed by atoms with Gasteiger partial charge in [0.1, 0.15) is 0 Å². The van der Waals surface area contributed by atoms with Gasteiger partial charge in [0.25, 0.3) is 0 Å². The molecule has 7 heteroatoms. The predicted molar refractivity (Wildman–Crippen MR) is 70.2 cm³/mol. The second-order valence-electron chi connectivity index (χ2n) is 5.22. The molecular formula is C12H20N2O4S. The van der Waals surface area contributed by atoms with Gasteiger partial charge in [-0.15, -0.1) is 0 Å². The zero-order valence-electron chi connectivity index (χ0n) is 11.1. The highest BCUT2D eigenvalue weighted by molar-refractivity contribution is 7.91. The third-order valence-electron chi connectivity index (χ3n) is 3.89. The summed E-state index contributed by atoms with van der Waals surface area (Å²) in [5, 5.41) is 2.69. The molecule has 0 aromatic carbocycles. The van der Waals surface area contributed by atoms with Crippen molar-refractivity contribution in [1.29, 1.82) is 0 Å². The van der Waals surface area contributed by atoms with E-state index in [0.717, 1.165) is 0 Å². The van der Waals surface area contributed by atoms with E-state index in [-0.39, 0.29) is 35.3 Å². The molecule has 0 saturated carbocycles. The summed E-state index contributed by atoms with van der Waals surface area (Å²) in [6.07, 6.45) is 1.46. The van der Waals surface area contributed by atoms with E-state index in [9.17, 15) is 18.0 Å². The van der Waals surface area contributed by atoms with Gasteiger partial charge in [-0.05, 0) is 19.8 Å². The molecule has 1 N–H and O–H groups in total. The van der Waals surface area contributed by atoms with Crippen molar-refractivity contribution < 1.29 is 18.0 Å². The molecule has 0 aromatic rings. The lowest BCUT2D eigenvalue weighted by molar-refractivity contribution is -0.139. The Morgan fingerprint density at radius 2 is 2.16 bits per heavy atom. The number of rotatable bonds is 3. The first-order chi connectivity index (χ1) is 8.93. The minimum absolute atomic E-state index is 0.0180. The maximum absolute atomic E-state index is 12.4. The third-order valence-corrected chi connectivity index (χ3v) is 5.64. The zero-order chi connectivity index (χ0) is 14.0. The maximum atomic E-state index is 12.4. The number of carbonyl (C=O) groups is 2. The van der Waals surface area contributed by atoms with Crippen LogP contribution in [0.3, 0.4) is 0 Å². The van der Waals surface area contributed by atoms with Gasteiger partial charge < -0.3 is 10.2 Å². The summed E-state index contributed by atoms with van der Waals surface area (Å²) < 4.78 is 23.0. The van der Waals surface area contributed by atoms with Crippen LogP contribution < -0.4 is 5.32 Å². The summed E-state index contributed by atoms with van der Waals surface area (Å²) in [6, 6.07) is -0.194. The van der Waals surface area contributed by atoms with E-state index < -0.39 is 9.84 Å². The van der Waals surface area contributed by atoms with Gasteiger partial charge >= 0.3 is 0 Å². The fourth-order valence-corrected chi connectivity index (χ4v) is 4.52. The molecule has 2 aliphatic heterocycles. The summed E-state index contributed by atoms with van der Waals surface area (Å²) in [4.78, 5) is 25.2. The Bertz CT molecular complexity index is 464. The average Bonchev–Trinajstić information content (AvgIpc) is 2.71. The van der Waals surface area contributed by atoms with Crippen LogP contribution in [-0.4, -0.2) is 55.8 Å². The summed E-state index contributed by atoms with van der Waals surface area (Å²) in [7, 11) is -2.99. The second kappa shape index (κ2) is 5.48. The number of amides is 2. The van der Waals surface area contributed by atoms with Crippen LogP contribution in [0.2, 0.25) is 0 Å². The Kier molecular flexibility index (Phi) is 4.13. The number of sulfone groups is 1. The summed E-state index contributed by atoms with van der Waals surface area (Å²) in [5.41, 5.74) is 0. The van der Waals surface area contributed by atoms with Crippen molar-refractivity contribution in [2.45, 2.75) is 32.2 Å². The fourth-order valence-electron chi connectivity index (χ4n) is 2.79. The molecule has 19 heavy (non-hydrogen) atoms. The lowest BCUT2D eigenvalue weighted by atomic mass is 9.97. The van der Waals surface area contributed by atoms with Crippen molar-refractivity contribution >= 4 is 21.7 Å². The first-order valence-corrected chi connectivity index (χ1v) is 8.52.